The third-order valence-electron chi connectivity index (χ3n) is 3.57. The normalized spacial score (nSPS) is 11.6. The largest absolute Gasteiger partial charge is 0.369 e. The second-order valence-corrected chi connectivity index (χ2v) is 5.35. The quantitative estimate of drug-likeness (QED) is 0.484. The van der Waals surface area contributed by atoms with Crippen molar-refractivity contribution in [3.8, 4) is 0 Å². The van der Waals surface area contributed by atoms with Gasteiger partial charge in [0.15, 0.2) is 19.0 Å². The number of imidazole rings is 1. The van der Waals surface area contributed by atoms with Crippen LogP contribution >= 0.6 is 0 Å². The molecule has 0 bridgehead atoms. The molecule has 0 N–H and O–H groups in total. The van der Waals surface area contributed by atoms with Crippen LogP contribution in [0.3, 0.4) is 0 Å². The van der Waals surface area contributed by atoms with Gasteiger partial charge in [-0.1, -0.05) is 70.9 Å². The summed E-state index contributed by atoms with van der Waals surface area (Å²) in [7, 11) is 0. The van der Waals surface area contributed by atoms with Gasteiger partial charge in [-0.05, 0) is 18.1 Å². The third-order valence-corrected chi connectivity index (χ3v) is 3.57. The van der Waals surface area contributed by atoms with Gasteiger partial charge in [0, 0.05) is 6.61 Å². The van der Waals surface area contributed by atoms with Gasteiger partial charge in [0.05, 0.1) is 12.4 Å². The first-order valence-corrected chi connectivity index (χ1v) is 8.25. The zero-order chi connectivity index (χ0) is 17.3. The van der Waals surface area contributed by atoms with E-state index in [-0.39, 0.29) is 0 Å². The Hall–Kier alpha value is -3.05. The van der Waals surface area contributed by atoms with E-state index in [0.29, 0.717) is 13.2 Å². The Kier molecular flexibility index (Phi) is 5.85. The van der Waals surface area contributed by atoms with Crippen molar-refractivity contribution in [2.45, 2.75) is 13.5 Å². The van der Waals surface area contributed by atoms with E-state index in [4.69, 9.17) is 4.74 Å². The van der Waals surface area contributed by atoms with Gasteiger partial charge >= 0.3 is 5.82 Å². The molecule has 0 atom stereocenters. The van der Waals surface area contributed by atoms with Crippen molar-refractivity contribution in [1.82, 2.24) is 4.68 Å². The van der Waals surface area contributed by atoms with E-state index in [1.807, 2.05) is 92.4 Å². The van der Waals surface area contributed by atoms with Gasteiger partial charge in [0.2, 0.25) is 0 Å². The van der Waals surface area contributed by atoms with Crippen molar-refractivity contribution >= 4 is 12.4 Å². The molecule has 1 heterocycles. The molecule has 0 radical (unpaired) electrons. The monoisotopic (exact) mass is 333 g/mol. The predicted octanol–water partition coefficient (Wildman–Crippen LogP) is 3.08. The molecule has 0 aliphatic rings. The molecular weight excluding hydrogens is 312 g/mol. The van der Waals surface area contributed by atoms with Crippen molar-refractivity contribution in [1.29, 1.82) is 0 Å². The standard InChI is InChI=1S/C20H21N4O/c1-2-25-17-20-23(21-15-18-9-5-3-6-10-18)13-14-24(20)22-16-19-11-7-4-8-12-19/h3-16H,2,17H2,1H3/q+1. The molecule has 3 rings (SSSR count). The zero-order valence-corrected chi connectivity index (χ0v) is 14.2. The van der Waals surface area contributed by atoms with Gasteiger partial charge in [-0.25, -0.2) is 0 Å². The summed E-state index contributed by atoms with van der Waals surface area (Å²) in [6, 6.07) is 20.0. The molecule has 0 saturated heterocycles. The second kappa shape index (κ2) is 8.70. The minimum absolute atomic E-state index is 0.432. The molecule has 25 heavy (non-hydrogen) atoms. The number of benzene rings is 2. The third kappa shape index (κ3) is 4.71. The van der Waals surface area contributed by atoms with E-state index in [9.17, 15) is 0 Å². The summed E-state index contributed by atoms with van der Waals surface area (Å²) in [5.41, 5.74) is 2.08. The Morgan fingerprint density at radius 1 is 0.960 bits per heavy atom. The van der Waals surface area contributed by atoms with Crippen molar-refractivity contribution in [2.24, 2.45) is 10.2 Å². The van der Waals surface area contributed by atoms with Crippen LogP contribution in [0.5, 0.6) is 0 Å². The van der Waals surface area contributed by atoms with Crippen LogP contribution in [0.15, 0.2) is 83.3 Å². The zero-order valence-electron chi connectivity index (χ0n) is 14.2. The fourth-order valence-electron chi connectivity index (χ4n) is 2.28. The first-order chi connectivity index (χ1) is 12.4. The van der Waals surface area contributed by atoms with E-state index in [1.54, 1.807) is 9.35 Å². The van der Waals surface area contributed by atoms with Gasteiger partial charge in [0.25, 0.3) is 0 Å². The Balaban J connectivity index is 1.85. The fraction of sp³-hybridized carbons (Fsp3) is 0.150. The lowest BCUT2D eigenvalue weighted by Crippen LogP contribution is -2.32. The molecule has 0 aliphatic carbocycles. The highest BCUT2D eigenvalue weighted by atomic mass is 16.5. The van der Waals surface area contributed by atoms with Crippen molar-refractivity contribution < 1.29 is 9.41 Å². The molecule has 0 unspecified atom stereocenters. The molecular formula is C20H21N4O+. The van der Waals surface area contributed by atoms with Crippen LogP contribution in [0.2, 0.25) is 0 Å². The van der Waals surface area contributed by atoms with Crippen LogP contribution < -0.4 is 4.68 Å². The highest BCUT2D eigenvalue weighted by Crippen LogP contribution is 2.01. The molecule has 5 nitrogen and oxygen atoms in total. The van der Waals surface area contributed by atoms with Crippen molar-refractivity contribution in [3.05, 3.63) is 90.0 Å². The smallest absolute Gasteiger partial charge is 0.333 e. The maximum Gasteiger partial charge on any atom is 0.333 e. The van der Waals surface area contributed by atoms with E-state index < -0.39 is 0 Å². The summed E-state index contributed by atoms with van der Waals surface area (Å²) in [4.78, 5) is 0. The van der Waals surface area contributed by atoms with E-state index >= 15 is 0 Å². The van der Waals surface area contributed by atoms with Gasteiger partial charge < -0.3 is 4.74 Å². The first kappa shape index (κ1) is 16.8. The SMILES string of the molecule is CCOCc1n(N=Cc2ccccc2)cc[n+]1N=Cc1ccccc1. The molecule has 0 fully saturated rings. The molecule has 5 heteroatoms. The summed E-state index contributed by atoms with van der Waals surface area (Å²) in [6.07, 6.45) is 7.38. The van der Waals surface area contributed by atoms with E-state index in [2.05, 4.69) is 10.2 Å². The maximum atomic E-state index is 5.57. The molecule has 0 spiro atoms. The summed E-state index contributed by atoms with van der Waals surface area (Å²) >= 11 is 0. The van der Waals surface area contributed by atoms with Gasteiger partial charge in [-0.15, -0.1) is 9.35 Å². The molecule has 1 aromatic heterocycles. The van der Waals surface area contributed by atoms with E-state index in [1.165, 1.54) is 0 Å². The van der Waals surface area contributed by atoms with Gasteiger partial charge in [0.1, 0.15) is 0 Å². The number of nitrogens with zero attached hydrogens (tertiary/aromatic N) is 4. The summed E-state index contributed by atoms with van der Waals surface area (Å²) < 4.78 is 9.14. The summed E-state index contributed by atoms with van der Waals surface area (Å²) in [5.74, 6) is 0.848. The molecule has 0 saturated carbocycles. The van der Waals surface area contributed by atoms with Crippen LogP contribution in [-0.4, -0.2) is 23.7 Å². The highest BCUT2D eigenvalue weighted by molar-refractivity contribution is 5.79. The number of aromatic nitrogens is 2. The summed E-state index contributed by atoms with van der Waals surface area (Å²) in [6.45, 7) is 3.04. The number of hydrogen-bond acceptors (Lipinski definition) is 3. The molecule has 0 aliphatic heterocycles. The molecule has 3 aromatic rings. The molecule has 0 amide bonds. The molecule has 126 valence electrons. The van der Waals surface area contributed by atoms with Crippen LogP contribution in [0.25, 0.3) is 0 Å². The Morgan fingerprint density at radius 3 is 2.24 bits per heavy atom. The topological polar surface area (TPSA) is 42.8 Å². The van der Waals surface area contributed by atoms with Crippen LogP contribution in [0.4, 0.5) is 0 Å². The van der Waals surface area contributed by atoms with Crippen molar-refractivity contribution in [3.63, 3.8) is 0 Å². The first-order valence-electron chi connectivity index (χ1n) is 8.25. The van der Waals surface area contributed by atoms with Gasteiger partial charge in [-0.2, -0.15) is 0 Å². The van der Waals surface area contributed by atoms with Crippen LogP contribution in [0.1, 0.15) is 23.9 Å². The highest BCUT2D eigenvalue weighted by Gasteiger charge is 2.17. The lowest BCUT2D eigenvalue weighted by molar-refractivity contribution is -0.687. The lowest BCUT2D eigenvalue weighted by atomic mass is 10.2. The lowest BCUT2D eigenvalue weighted by Gasteiger charge is -1.98. The Morgan fingerprint density at radius 2 is 1.60 bits per heavy atom. The predicted molar refractivity (Wildman–Crippen MR) is 98.8 cm³/mol. The number of hydrogen-bond donors (Lipinski definition) is 0. The van der Waals surface area contributed by atoms with Crippen LogP contribution in [-0.2, 0) is 11.3 Å². The fourth-order valence-corrected chi connectivity index (χ4v) is 2.28. The molecule has 2 aromatic carbocycles. The number of rotatable bonds is 7. The Bertz CT molecular complexity index is 772. The Labute approximate surface area is 147 Å². The van der Waals surface area contributed by atoms with Gasteiger partial charge in [-0.3, -0.25) is 0 Å². The average Bonchev–Trinajstić information content (AvgIpc) is 3.06. The van der Waals surface area contributed by atoms with Crippen molar-refractivity contribution in [2.75, 3.05) is 6.61 Å². The summed E-state index contributed by atoms with van der Waals surface area (Å²) in [5, 5.41) is 9.04. The average molecular weight is 333 g/mol. The van der Waals surface area contributed by atoms with Crippen LogP contribution in [0, 0.1) is 0 Å². The maximum absolute atomic E-state index is 5.57. The van der Waals surface area contributed by atoms with E-state index in [0.717, 1.165) is 17.0 Å². The second-order valence-electron chi connectivity index (χ2n) is 5.35. The minimum Gasteiger partial charge on any atom is -0.369 e. The number of ether oxygens (including phenoxy) is 1. The minimum atomic E-state index is 0.432.